The fourth-order valence-corrected chi connectivity index (χ4v) is 1.70. The van der Waals surface area contributed by atoms with Gasteiger partial charge < -0.3 is 0 Å². The minimum atomic E-state index is -0.0423. The lowest BCUT2D eigenvalue weighted by atomic mass is 10.1. The zero-order chi connectivity index (χ0) is 13.0. The molecule has 1 aromatic carbocycles. The highest BCUT2D eigenvalue weighted by Gasteiger charge is 2.12. The number of nitrogens with zero attached hydrogens (tertiary/aromatic N) is 4. The number of hydrogen-bond acceptors (Lipinski definition) is 4. The molecule has 0 amide bonds. The Labute approximate surface area is 109 Å². The molecule has 1 aromatic heterocycles. The maximum absolute atomic E-state index is 8.88. The molecule has 0 aliphatic carbocycles. The van der Waals surface area contributed by atoms with E-state index in [1.54, 1.807) is 6.07 Å². The molecule has 0 unspecified atom stereocenters. The summed E-state index contributed by atoms with van der Waals surface area (Å²) in [5, 5.41) is 17.8. The molecule has 0 saturated carbocycles. The van der Waals surface area contributed by atoms with Crippen molar-refractivity contribution in [3.05, 3.63) is 58.1 Å². The Kier molecular flexibility index (Phi) is 3.52. The number of nitriles is 2. The smallest absolute Gasteiger partial charge is 0.178 e. The van der Waals surface area contributed by atoms with E-state index in [4.69, 9.17) is 22.1 Å². The van der Waals surface area contributed by atoms with Gasteiger partial charge in [-0.1, -0.05) is 41.9 Å². The molecule has 0 saturated heterocycles. The lowest BCUT2D eigenvalue weighted by Crippen LogP contribution is -2.02. The molecular weight excluding hydrogens is 248 g/mol. The van der Waals surface area contributed by atoms with Gasteiger partial charge in [-0.15, -0.1) is 0 Å². The Hall–Kier alpha value is -2.43. The fourth-order valence-electron chi connectivity index (χ4n) is 1.51. The van der Waals surface area contributed by atoms with Crippen LogP contribution in [0.4, 0.5) is 0 Å². The SMILES string of the molecule is N#Cc1nc(Cl)c(Cc2ccccc2)nc1C#N. The van der Waals surface area contributed by atoms with E-state index in [0.717, 1.165) is 5.56 Å². The summed E-state index contributed by atoms with van der Waals surface area (Å²) in [7, 11) is 0. The standard InChI is InChI=1S/C13H7ClN4/c14-13-10(6-9-4-2-1-3-5-9)17-11(7-15)12(8-16)18-13/h1-5H,6H2. The summed E-state index contributed by atoms with van der Waals surface area (Å²) in [4.78, 5) is 7.96. The molecule has 2 rings (SSSR count). The number of rotatable bonds is 2. The number of halogens is 1. The molecule has 0 radical (unpaired) electrons. The number of hydrogen-bond donors (Lipinski definition) is 0. The fraction of sp³-hybridized carbons (Fsp3) is 0.0769. The summed E-state index contributed by atoms with van der Waals surface area (Å²) in [6.07, 6.45) is 0.479. The molecule has 0 N–H and O–H groups in total. The Bertz CT molecular complexity index is 653. The summed E-state index contributed by atoms with van der Waals surface area (Å²) >= 11 is 5.95. The van der Waals surface area contributed by atoms with Gasteiger partial charge in [-0.25, -0.2) is 9.97 Å². The zero-order valence-corrected chi connectivity index (χ0v) is 10.0. The third-order valence-electron chi connectivity index (χ3n) is 2.35. The molecule has 0 bridgehead atoms. The summed E-state index contributed by atoms with van der Waals surface area (Å²) in [5.41, 5.74) is 1.48. The van der Waals surface area contributed by atoms with Crippen LogP contribution in [0, 0.1) is 22.7 Å². The Morgan fingerprint density at radius 3 is 2.22 bits per heavy atom. The van der Waals surface area contributed by atoms with Crippen molar-refractivity contribution in [3.63, 3.8) is 0 Å². The maximum Gasteiger partial charge on any atom is 0.178 e. The van der Waals surface area contributed by atoms with E-state index >= 15 is 0 Å². The zero-order valence-electron chi connectivity index (χ0n) is 9.26. The van der Waals surface area contributed by atoms with Crippen molar-refractivity contribution in [3.8, 4) is 12.1 Å². The topological polar surface area (TPSA) is 73.4 Å². The second-order valence-corrected chi connectivity index (χ2v) is 3.90. The Morgan fingerprint density at radius 1 is 1.00 bits per heavy atom. The molecule has 1 heterocycles. The van der Waals surface area contributed by atoms with Crippen molar-refractivity contribution in [2.24, 2.45) is 0 Å². The first-order valence-electron chi connectivity index (χ1n) is 5.15. The maximum atomic E-state index is 8.88. The second kappa shape index (κ2) is 5.27. The van der Waals surface area contributed by atoms with Gasteiger partial charge in [0.15, 0.2) is 16.5 Å². The molecule has 4 nitrogen and oxygen atoms in total. The normalized spacial score (nSPS) is 9.50. The monoisotopic (exact) mass is 254 g/mol. The van der Waals surface area contributed by atoms with E-state index in [-0.39, 0.29) is 16.5 Å². The molecule has 0 spiro atoms. The van der Waals surface area contributed by atoms with E-state index in [9.17, 15) is 0 Å². The van der Waals surface area contributed by atoms with E-state index in [2.05, 4.69) is 9.97 Å². The second-order valence-electron chi connectivity index (χ2n) is 3.54. The molecule has 0 aliphatic rings. The Balaban J connectivity index is 2.41. The van der Waals surface area contributed by atoms with Crippen LogP contribution in [0.25, 0.3) is 0 Å². The van der Waals surface area contributed by atoms with Gasteiger partial charge in [0.05, 0.1) is 5.69 Å². The predicted octanol–water partition coefficient (Wildman–Crippen LogP) is 2.46. The lowest BCUT2D eigenvalue weighted by Gasteiger charge is -2.04. The molecule has 5 heteroatoms. The molecule has 86 valence electrons. The van der Waals surface area contributed by atoms with Crippen molar-refractivity contribution in [1.29, 1.82) is 10.5 Å². The van der Waals surface area contributed by atoms with Crippen molar-refractivity contribution in [1.82, 2.24) is 9.97 Å². The summed E-state index contributed by atoms with van der Waals surface area (Å²) in [5.74, 6) is 0. The van der Waals surface area contributed by atoms with E-state index in [1.807, 2.05) is 36.4 Å². The number of benzene rings is 1. The third-order valence-corrected chi connectivity index (χ3v) is 2.65. The van der Waals surface area contributed by atoms with Crippen LogP contribution >= 0.6 is 11.6 Å². The van der Waals surface area contributed by atoms with E-state index in [1.165, 1.54) is 0 Å². The summed E-state index contributed by atoms with van der Waals surface area (Å²) in [6, 6.07) is 13.2. The number of aromatic nitrogens is 2. The molecule has 2 aromatic rings. The van der Waals surface area contributed by atoms with Gasteiger partial charge in [0.25, 0.3) is 0 Å². The first kappa shape index (κ1) is 12.0. The van der Waals surface area contributed by atoms with Gasteiger partial charge >= 0.3 is 0 Å². The van der Waals surface area contributed by atoms with Crippen LogP contribution in [0.3, 0.4) is 0 Å². The quantitative estimate of drug-likeness (QED) is 0.825. The van der Waals surface area contributed by atoms with Crippen LogP contribution in [-0.4, -0.2) is 9.97 Å². The van der Waals surface area contributed by atoms with Gasteiger partial charge in [-0.2, -0.15) is 10.5 Å². The largest absolute Gasteiger partial charge is 0.236 e. The minimum absolute atomic E-state index is 0.00725. The minimum Gasteiger partial charge on any atom is -0.236 e. The molecule has 18 heavy (non-hydrogen) atoms. The van der Waals surface area contributed by atoms with Gasteiger partial charge in [-0.3, -0.25) is 0 Å². The average Bonchev–Trinajstić information content (AvgIpc) is 2.41. The van der Waals surface area contributed by atoms with Gasteiger partial charge in [0.1, 0.15) is 12.1 Å². The van der Waals surface area contributed by atoms with E-state index < -0.39 is 0 Å². The van der Waals surface area contributed by atoms with Crippen LogP contribution in [0.15, 0.2) is 30.3 Å². The van der Waals surface area contributed by atoms with Crippen molar-refractivity contribution in [2.75, 3.05) is 0 Å². The average molecular weight is 255 g/mol. The first-order chi connectivity index (χ1) is 8.74. The van der Waals surface area contributed by atoms with Crippen LogP contribution < -0.4 is 0 Å². The summed E-state index contributed by atoms with van der Waals surface area (Å²) < 4.78 is 0. The first-order valence-corrected chi connectivity index (χ1v) is 5.53. The van der Waals surface area contributed by atoms with Crippen molar-refractivity contribution >= 4 is 11.6 Å². The third kappa shape index (κ3) is 2.45. The van der Waals surface area contributed by atoms with Crippen LogP contribution in [-0.2, 0) is 6.42 Å². The van der Waals surface area contributed by atoms with Crippen LogP contribution in [0.2, 0.25) is 5.15 Å². The van der Waals surface area contributed by atoms with Gasteiger partial charge in [-0.05, 0) is 5.56 Å². The van der Waals surface area contributed by atoms with Crippen LogP contribution in [0.1, 0.15) is 22.6 Å². The molecule has 0 aliphatic heterocycles. The van der Waals surface area contributed by atoms with Gasteiger partial charge in [0, 0.05) is 6.42 Å². The van der Waals surface area contributed by atoms with E-state index in [0.29, 0.717) is 12.1 Å². The summed E-state index contributed by atoms with van der Waals surface area (Å²) in [6.45, 7) is 0. The highest BCUT2D eigenvalue weighted by atomic mass is 35.5. The predicted molar refractivity (Wildman–Crippen MR) is 65.7 cm³/mol. The molecular formula is C13H7ClN4. The van der Waals surface area contributed by atoms with Crippen molar-refractivity contribution in [2.45, 2.75) is 6.42 Å². The molecule has 0 atom stereocenters. The Morgan fingerprint density at radius 2 is 1.61 bits per heavy atom. The lowest BCUT2D eigenvalue weighted by molar-refractivity contribution is 1.00. The molecule has 0 fully saturated rings. The van der Waals surface area contributed by atoms with Gasteiger partial charge in [0.2, 0.25) is 0 Å². The van der Waals surface area contributed by atoms with Crippen LogP contribution in [0.5, 0.6) is 0 Å². The highest BCUT2D eigenvalue weighted by Crippen LogP contribution is 2.17. The highest BCUT2D eigenvalue weighted by molar-refractivity contribution is 6.30. The van der Waals surface area contributed by atoms with Crippen molar-refractivity contribution < 1.29 is 0 Å².